The molecule has 1 amide bonds. The Kier molecular flexibility index (Phi) is 5.79. The molecule has 0 saturated carbocycles. The average Bonchev–Trinajstić information content (AvgIpc) is 3.19. The van der Waals surface area contributed by atoms with E-state index in [-0.39, 0.29) is 11.0 Å². The monoisotopic (exact) mass is 435 g/mol. The van der Waals surface area contributed by atoms with E-state index in [9.17, 15) is 4.79 Å². The van der Waals surface area contributed by atoms with Gasteiger partial charge in [-0.05, 0) is 66.7 Å². The zero-order chi connectivity index (χ0) is 21.1. The van der Waals surface area contributed by atoms with Crippen LogP contribution in [-0.4, -0.2) is 16.0 Å². The molecular formula is C23H18ClN3O2S. The van der Waals surface area contributed by atoms with Crippen molar-refractivity contribution in [2.45, 2.75) is 13.5 Å². The van der Waals surface area contributed by atoms with Crippen LogP contribution in [0.15, 0.2) is 71.1 Å². The van der Waals surface area contributed by atoms with Gasteiger partial charge in [-0.3, -0.25) is 10.1 Å². The summed E-state index contributed by atoms with van der Waals surface area (Å²) in [5, 5.41) is 6.49. The third-order valence-electron chi connectivity index (χ3n) is 4.61. The van der Waals surface area contributed by atoms with Gasteiger partial charge in [-0.2, -0.15) is 0 Å². The van der Waals surface area contributed by atoms with Crippen molar-refractivity contribution in [1.82, 2.24) is 15.6 Å². The van der Waals surface area contributed by atoms with Gasteiger partial charge in [0, 0.05) is 22.7 Å². The van der Waals surface area contributed by atoms with Crippen LogP contribution in [0.2, 0.25) is 5.02 Å². The first-order valence-corrected chi connectivity index (χ1v) is 10.1. The highest BCUT2D eigenvalue weighted by molar-refractivity contribution is 7.80. The first kappa shape index (κ1) is 20.1. The molecule has 4 aromatic rings. The largest absolute Gasteiger partial charge is 0.436 e. The second-order valence-corrected chi connectivity index (χ2v) is 7.60. The molecule has 3 aromatic carbocycles. The Balaban J connectivity index is 1.35. The van der Waals surface area contributed by atoms with E-state index < -0.39 is 0 Å². The third kappa shape index (κ3) is 4.50. The number of fused-ring (bicyclic) bond motifs is 1. The lowest BCUT2D eigenvalue weighted by atomic mass is 10.1. The van der Waals surface area contributed by atoms with Crippen LogP contribution in [0, 0.1) is 6.92 Å². The van der Waals surface area contributed by atoms with E-state index in [2.05, 4.69) is 15.6 Å². The summed E-state index contributed by atoms with van der Waals surface area (Å²) in [4.78, 5) is 16.8. The van der Waals surface area contributed by atoms with E-state index in [0.29, 0.717) is 23.0 Å². The Morgan fingerprint density at radius 1 is 1.10 bits per heavy atom. The topological polar surface area (TPSA) is 67.2 Å². The van der Waals surface area contributed by atoms with Gasteiger partial charge in [-0.1, -0.05) is 41.9 Å². The predicted octanol–water partition coefficient (Wildman–Crippen LogP) is 5.26. The number of rotatable bonds is 4. The van der Waals surface area contributed by atoms with Crippen LogP contribution in [0.25, 0.3) is 22.6 Å². The molecule has 30 heavy (non-hydrogen) atoms. The van der Waals surface area contributed by atoms with Crippen molar-refractivity contribution in [3.63, 3.8) is 0 Å². The molecular weight excluding hydrogens is 418 g/mol. The van der Waals surface area contributed by atoms with E-state index in [4.69, 9.17) is 28.2 Å². The minimum atomic E-state index is -0.305. The second kappa shape index (κ2) is 8.65. The van der Waals surface area contributed by atoms with Gasteiger partial charge in [0.1, 0.15) is 5.52 Å². The number of benzene rings is 3. The Hall–Kier alpha value is -3.22. The van der Waals surface area contributed by atoms with Crippen molar-refractivity contribution in [2.24, 2.45) is 0 Å². The maximum absolute atomic E-state index is 12.3. The Bertz CT molecular complexity index is 1200. The summed E-state index contributed by atoms with van der Waals surface area (Å²) < 4.78 is 5.79. The molecule has 0 fully saturated rings. The van der Waals surface area contributed by atoms with Gasteiger partial charge in [0.2, 0.25) is 5.89 Å². The summed E-state index contributed by atoms with van der Waals surface area (Å²) in [6.07, 6.45) is 0. The number of aryl methyl sites for hydroxylation is 1. The van der Waals surface area contributed by atoms with Crippen molar-refractivity contribution >= 4 is 45.9 Å². The number of nitrogens with zero attached hydrogens (tertiary/aromatic N) is 1. The molecule has 0 unspecified atom stereocenters. The lowest BCUT2D eigenvalue weighted by Gasteiger charge is -2.10. The standard InChI is InChI=1S/C23H18ClN3O2S/c1-14-6-9-17(12-18(14)24)21(28)27-23(30)25-13-15-7-10-16(11-8-15)22-26-19-4-2-3-5-20(19)29-22/h2-12H,13H2,1H3,(H2,25,27,28,30). The summed E-state index contributed by atoms with van der Waals surface area (Å²) in [7, 11) is 0. The smallest absolute Gasteiger partial charge is 0.257 e. The maximum Gasteiger partial charge on any atom is 0.257 e. The minimum absolute atomic E-state index is 0.250. The highest BCUT2D eigenvalue weighted by atomic mass is 35.5. The molecule has 0 saturated heterocycles. The molecule has 0 bridgehead atoms. The Labute approximate surface area is 184 Å². The fourth-order valence-electron chi connectivity index (χ4n) is 2.90. The van der Waals surface area contributed by atoms with Gasteiger partial charge in [0.05, 0.1) is 0 Å². The van der Waals surface area contributed by atoms with Gasteiger partial charge >= 0.3 is 0 Å². The van der Waals surface area contributed by atoms with Gasteiger partial charge in [-0.25, -0.2) is 4.98 Å². The molecule has 150 valence electrons. The van der Waals surface area contributed by atoms with E-state index in [1.807, 2.05) is 55.5 Å². The van der Waals surface area contributed by atoms with Crippen molar-refractivity contribution in [2.75, 3.05) is 0 Å². The van der Waals surface area contributed by atoms with Crippen LogP contribution in [0.4, 0.5) is 0 Å². The summed E-state index contributed by atoms with van der Waals surface area (Å²) in [5.74, 6) is 0.274. The zero-order valence-corrected chi connectivity index (χ0v) is 17.7. The molecule has 4 rings (SSSR count). The second-order valence-electron chi connectivity index (χ2n) is 6.78. The summed E-state index contributed by atoms with van der Waals surface area (Å²) in [6.45, 7) is 2.35. The molecule has 7 heteroatoms. The lowest BCUT2D eigenvalue weighted by molar-refractivity contribution is 0.0976. The first-order chi connectivity index (χ1) is 14.5. The van der Waals surface area contributed by atoms with E-state index in [1.54, 1.807) is 18.2 Å². The molecule has 0 spiro atoms. The average molecular weight is 436 g/mol. The molecule has 0 aliphatic heterocycles. The molecule has 0 aliphatic carbocycles. The predicted molar refractivity (Wildman–Crippen MR) is 123 cm³/mol. The number of aromatic nitrogens is 1. The number of para-hydroxylation sites is 2. The molecule has 1 aromatic heterocycles. The first-order valence-electron chi connectivity index (χ1n) is 9.30. The third-order valence-corrected chi connectivity index (χ3v) is 5.26. The highest BCUT2D eigenvalue weighted by Crippen LogP contribution is 2.24. The SMILES string of the molecule is Cc1ccc(C(=O)NC(=S)NCc2ccc(-c3nc4ccccc4o3)cc2)cc1Cl. The van der Waals surface area contributed by atoms with Crippen molar-refractivity contribution in [3.8, 4) is 11.5 Å². The summed E-state index contributed by atoms with van der Waals surface area (Å²) in [5.41, 5.74) is 4.85. The van der Waals surface area contributed by atoms with Gasteiger partial charge < -0.3 is 9.73 Å². The van der Waals surface area contributed by atoms with Crippen LogP contribution in [0.5, 0.6) is 0 Å². The maximum atomic E-state index is 12.3. The van der Waals surface area contributed by atoms with Crippen LogP contribution in [0.1, 0.15) is 21.5 Å². The summed E-state index contributed by atoms with van der Waals surface area (Å²) >= 11 is 11.3. The van der Waals surface area contributed by atoms with Gasteiger partial charge in [0.25, 0.3) is 5.91 Å². The number of oxazole rings is 1. The zero-order valence-electron chi connectivity index (χ0n) is 16.1. The van der Waals surface area contributed by atoms with E-state index in [1.165, 1.54) is 0 Å². The van der Waals surface area contributed by atoms with E-state index >= 15 is 0 Å². The van der Waals surface area contributed by atoms with Gasteiger partial charge in [-0.15, -0.1) is 0 Å². The van der Waals surface area contributed by atoms with Crippen LogP contribution in [-0.2, 0) is 6.54 Å². The molecule has 1 heterocycles. The van der Waals surface area contributed by atoms with Crippen molar-refractivity contribution < 1.29 is 9.21 Å². The normalized spacial score (nSPS) is 10.7. The van der Waals surface area contributed by atoms with Crippen LogP contribution < -0.4 is 10.6 Å². The van der Waals surface area contributed by atoms with E-state index in [0.717, 1.165) is 27.8 Å². The fourth-order valence-corrected chi connectivity index (χ4v) is 3.24. The van der Waals surface area contributed by atoms with Crippen molar-refractivity contribution in [1.29, 1.82) is 0 Å². The van der Waals surface area contributed by atoms with Crippen molar-refractivity contribution in [3.05, 3.63) is 88.4 Å². The highest BCUT2D eigenvalue weighted by Gasteiger charge is 2.10. The molecule has 0 aliphatic rings. The summed E-state index contributed by atoms with van der Waals surface area (Å²) in [6, 6.07) is 20.6. The number of carbonyl (C=O) groups excluding carboxylic acids is 1. The Morgan fingerprint density at radius 2 is 1.87 bits per heavy atom. The number of thiocarbonyl (C=S) groups is 1. The molecule has 0 atom stereocenters. The quantitative estimate of drug-likeness (QED) is 0.428. The Morgan fingerprint density at radius 3 is 2.60 bits per heavy atom. The molecule has 2 N–H and O–H groups in total. The number of carbonyl (C=O) groups is 1. The number of hydrogen-bond acceptors (Lipinski definition) is 4. The van der Waals surface area contributed by atoms with Gasteiger partial charge in [0.15, 0.2) is 10.7 Å². The number of hydrogen-bond donors (Lipinski definition) is 2. The van der Waals surface area contributed by atoms with Crippen LogP contribution in [0.3, 0.4) is 0 Å². The lowest BCUT2D eigenvalue weighted by Crippen LogP contribution is -2.38. The number of nitrogens with one attached hydrogen (secondary N) is 2. The van der Waals surface area contributed by atoms with Crippen LogP contribution >= 0.6 is 23.8 Å². The molecule has 5 nitrogen and oxygen atoms in total. The minimum Gasteiger partial charge on any atom is -0.436 e. The molecule has 0 radical (unpaired) electrons. The fraction of sp³-hybridized carbons (Fsp3) is 0.0870. The number of halogens is 1. The number of amides is 1.